The Hall–Kier alpha value is -1.99. The second-order valence-corrected chi connectivity index (χ2v) is 6.84. The minimum atomic E-state index is -0.225. The van der Waals surface area contributed by atoms with Crippen LogP contribution < -0.4 is 10.2 Å². The van der Waals surface area contributed by atoms with Crippen LogP contribution in [-0.4, -0.2) is 34.0 Å². The largest absolute Gasteiger partial charge is 0.346 e. The highest BCUT2D eigenvalue weighted by molar-refractivity contribution is 7.08. The zero-order chi connectivity index (χ0) is 17.1. The maximum Gasteiger partial charge on any atom is 0.265 e. The number of carbonyl (C=O) groups is 2. The molecular weight excluding hydrogens is 348 g/mol. The molecule has 1 aliphatic heterocycles. The van der Waals surface area contributed by atoms with Crippen LogP contribution in [0.1, 0.15) is 35.1 Å². The summed E-state index contributed by atoms with van der Waals surface area (Å²) in [6.45, 7) is 2.47. The van der Waals surface area contributed by atoms with Crippen LogP contribution in [0.4, 0.5) is 5.69 Å². The molecule has 0 spiro atoms. The SMILES string of the molecule is CCCc1nnsc1C(=O)NC1CC(=O)N(c2ccc(Cl)cc2)C1. The summed E-state index contributed by atoms with van der Waals surface area (Å²) in [5.41, 5.74) is 1.51. The van der Waals surface area contributed by atoms with Gasteiger partial charge in [0.05, 0.1) is 11.7 Å². The fourth-order valence-electron chi connectivity index (χ4n) is 2.71. The summed E-state index contributed by atoms with van der Waals surface area (Å²) in [7, 11) is 0. The van der Waals surface area contributed by atoms with Gasteiger partial charge in [-0.2, -0.15) is 0 Å². The van der Waals surface area contributed by atoms with E-state index in [9.17, 15) is 9.59 Å². The molecule has 8 heteroatoms. The summed E-state index contributed by atoms with van der Waals surface area (Å²) in [5, 5.41) is 7.55. The first kappa shape index (κ1) is 16.9. The van der Waals surface area contributed by atoms with Crippen molar-refractivity contribution in [2.45, 2.75) is 32.2 Å². The van der Waals surface area contributed by atoms with E-state index >= 15 is 0 Å². The molecule has 1 fully saturated rings. The Morgan fingerprint density at radius 3 is 2.88 bits per heavy atom. The van der Waals surface area contributed by atoms with E-state index in [1.165, 1.54) is 0 Å². The van der Waals surface area contributed by atoms with Gasteiger partial charge in [-0.3, -0.25) is 9.59 Å². The third-order valence-electron chi connectivity index (χ3n) is 3.85. The number of nitrogens with zero attached hydrogens (tertiary/aromatic N) is 3. The number of aryl methyl sites for hydroxylation is 1. The first-order valence-corrected chi connectivity index (χ1v) is 8.91. The van der Waals surface area contributed by atoms with Crippen molar-refractivity contribution >= 4 is 40.6 Å². The molecule has 1 aliphatic rings. The number of nitrogens with one attached hydrogen (secondary N) is 1. The Bertz CT molecular complexity index is 747. The quantitative estimate of drug-likeness (QED) is 0.885. The number of rotatable bonds is 5. The Labute approximate surface area is 149 Å². The number of halogens is 1. The van der Waals surface area contributed by atoms with Crippen molar-refractivity contribution in [1.29, 1.82) is 0 Å². The molecule has 1 atom stereocenters. The van der Waals surface area contributed by atoms with Gasteiger partial charge in [-0.05, 0) is 42.2 Å². The molecule has 2 aromatic rings. The van der Waals surface area contributed by atoms with E-state index in [2.05, 4.69) is 14.9 Å². The molecule has 0 saturated carbocycles. The number of benzene rings is 1. The van der Waals surface area contributed by atoms with Gasteiger partial charge in [0.25, 0.3) is 5.91 Å². The molecule has 3 rings (SSSR count). The van der Waals surface area contributed by atoms with Gasteiger partial charge in [0.1, 0.15) is 4.88 Å². The topological polar surface area (TPSA) is 75.2 Å². The predicted molar refractivity (Wildman–Crippen MR) is 93.6 cm³/mol. The third kappa shape index (κ3) is 3.57. The van der Waals surface area contributed by atoms with Crippen molar-refractivity contribution in [3.63, 3.8) is 0 Å². The lowest BCUT2D eigenvalue weighted by atomic mass is 10.2. The lowest BCUT2D eigenvalue weighted by Crippen LogP contribution is -2.37. The van der Waals surface area contributed by atoms with Crippen LogP contribution in [0.15, 0.2) is 24.3 Å². The summed E-state index contributed by atoms with van der Waals surface area (Å²) >= 11 is 6.97. The van der Waals surface area contributed by atoms with Gasteiger partial charge in [-0.15, -0.1) is 5.10 Å². The molecule has 1 unspecified atom stereocenters. The van der Waals surface area contributed by atoms with Crippen LogP contribution in [0.5, 0.6) is 0 Å². The number of amides is 2. The first-order chi connectivity index (χ1) is 11.6. The number of hydrogen-bond acceptors (Lipinski definition) is 5. The molecule has 126 valence electrons. The molecule has 2 amide bonds. The molecule has 0 bridgehead atoms. The van der Waals surface area contributed by atoms with Crippen molar-refractivity contribution < 1.29 is 9.59 Å². The Kier molecular flexibility index (Phi) is 5.11. The van der Waals surface area contributed by atoms with Gasteiger partial charge in [0.2, 0.25) is 5.91 Å². The lowest BCUT2D eigenvalue weighted by Gasteiger charge is -2.17. The normalized spacial score (nSPS) is 17.3. The summed E-state index contributed by atoms with van der Waals surface area (Å²) in [5.74, 6) is -0.219. The summed E-state index contributed by atoms with van der Waals surface area (Å²) < 4.78 is 3.86. The van der Waals surface area contributed by atoms with Crippen LogP contribution in [0, 0.1) is 0 Å². The fraction of sp³-hybridized carbons (Fsp3) is 0.375. The van der Waals surface area contributed by atoms with E-state index in [0.29, 0.717) is 16.4 Å². The van der Waals surface area contributed by atoms with E-state index in [4.69, 9.17) is 11.6 Å². The zero-order valence-electron chi connectivity index (χ0n) is 13.2. The van der Waals surface area contributed by atoms with E-state index in [0.717, 1.165) is 35.8 Å². The van der Waals surface area contributed by atoms with Gasteiger partial charge in [0.15, 0.2) is 0 Å². The van der Waals surface area contributed by atoms with E-state index in [-0.39, 0.29) is 24.3 Å². The van der Waals surface area contributed by atoms with E-state index in [1.807, 2.05) is 6.92 Å². The third-order valence-corrected chi connectivity index (χ3v) is 4.87. The minimum Gasteiger partial charge on any atom is -0.346 e. The second-order valence-electron chi connectivity index (χ2n) is 5.65. The highest BCUT2D eigenvalue weighted by Crippen LogP contribution is 2.24. The lowest BCUT2D eigenvalue weighted by molar-refractivity contribution is -0.117. The van der Waals surface area contributed by atoms with Crippen LogP contribution in [0.3, 0.4) is 0 Å². The van der Waals surface area contributed by atoms with Crippen molar-refractivity contribution in [2.24, 2.45) is 0 Å². The minimum absolute atomic E-state index is 0.0150. The molecule has 0 radical (unpaired) electrons. The molecular formula is C16H17ClN4O2S. The molecule has 6 nitrogen and oxygen atoms in total. The highest BCUT2D eigenvalue weighted by Gasteiger charge is 2.32. The summed E-state index contributed by atoms with van der Waals surface area (Å²) in [6, 6.07) is 6.87. The summed E-state index contributed by atoms with van der Waals surface area (Å²) in [4.78, 5) is 26.9. The van der Waals surface area contributed by atoms with Gasteiger partial charge in [0, 0.05) is 23.7 Å². The summed E-state index contributed by atoms with van der Waals surface area (Å²) in [6.07, 6.45) is 1.90. The first-order valence-electron chi connectivity index (χ1n) is 7.76. The monoisotopic (exact) mass is 364 g/mol. The highest BCUT2D eigenvalue weighted by atomic mass is 35.5. The average Bonchev–Trinajstić information content (AvgIpc) is 3.15. The zero-order valence-corrected chi connectivity index (χ0v) is 14.7. The number of anilines is 1. The van der Waals surface area contributed by atoms with Crippen molar-refractivity contribution in [3.8, 4) is 0 Å². The molecule has 2 heterocycles. The van der Waals surface area contributed by atoms with E-state index < -0.39 is 0 Å². The fourth-order valence-corrected chi connectivity index (χ4v) is 3.44. The Morgan fingerprint density at radius 2 is 2.17 bits per heavy atom. The number of aromatic nitrogens is 2. The predicted octanol–water partition coefficient (Wildman–Crippen LogP) is 2.68. The van der Waals surface area contributed by atoms with Crippen LogP contribution >= 0.6 is 23.1 Å². The van der Waals surface area contributed by atoms with Crippen molar-refractivity contribution in [2.75, 3.05) is 11.4 Å². The average molecular weight is 365 g/mol. The maximum absolute atomic E-state index is 12.4. The molecule has 1 aromatic heterocycles. The number of carbonyl (C=O) groups excluding carboxylic acids is 2. The van der Waals surface area contributed by atoms with Gasteiger partial charge >= 0.3 is 0 Å². The van der Waals surface area contributed by atoms with E-state index in [1.54, 1.807) is 29.2 Å². The van der Waals surface area contributed by atoms with Gasteiger partial charge in [-0.1, -0.05) is 29.4 Å². The van der Waals surface area contributed by atoms with Gasteiger partial charge in [-0.25, -0.2) is 0 Å². The van der Waals surface area contributed by atoms with Crippen molar-refractivity contribution in [1.82, 2.24) is 14.9 Å². The Morgan fingerprint density at radius 1 is 1.42 bits per heavy atom. The maximum atomic E-state index is 12.4. The molecule has 0 aliphatic carbocycles. The molecule has 1 N–H and O–H groups in total. The van der Waals surface area contributed by atoms with Crippen LogP contribution in [0.2, 0.25) is 5.02 Å². The van der Waals surface area contributed by atoms with Crippen LogP contribution in [0.25, 0.3) is 0 Å². The van der Waals surface area contributed by atoms with Crippen LogP contribution in [-0.2, 0) is 11.2 Å². The van der Waals surface area contributed by atoms with Gasteiger partial charge < -0.3 is 10.2 Å². The van der Waals surface area contributed by atoms with Crippen molar-refractivity contribution in [3.05, 3.63) is 39.9 Å². The second kappa shape index (κ2) is 7.27. The molecule has 1 aromatic carbocycles. The smallest absolute Gasteiger partial charge is 0.265 e. The molecule has 1 saturated heterocycles. The molecule has 24 heavy (non-hydrogen) atoms. The standard InChI is InChI=1S/C16H17ClN4O2S/c1-2-3-13-15(24-20-19-13)16(23)18-11-8-14(22)21(9-11)12-6-4-10(17)5-7-12/h4-7,11H,2-3,8-9H2,1H3,(H,18,23). The Balaban J connectivity index is 1.66. The number of hydrogen-bond donors (Lipinski definition) is 1.